The molecular formula is C11H18NO2V-. The second kappa shape index (κ2) is 7.97. The fourth-order valence-electron chi connectivity index (χ4n) is 1.78. The molecule has 3 nitrogen and oxygen atoms in total. The van der Waals surface area contributed by atoms with E-state index in [1.165, 1.54) is 24.8 Å². The van der Waals surface area contributed by atoms with Gasteiger partial charge in [0.2, 0.25) is 0 Å². The third-order valence-corrected chi connectivity index (χ3v) is 2.65. The van der Waals surface area contributed by atoms with Crippen LogP contribution in [0.4, 0.5) is 0 Å². The molecule has 0 aliphatic heterocycles. The van der Waals surface area contributed by atoms with Crippen LogP contribution in [0.2, 0.25) is 0 Å². The summed E-state index contributed by atoms with van der Waals surface area (Å²) in [5.41, 5.74) is 1.27. The monoisotopic (exact) mass is 247 g/mol. The van der Waals surface area contributed by atoms with Gasteiger partial charge in [0.05, 0.1) is 6.04 Å². The molecule has 0 saturated heterocycles. The van der Waals surface area contributed by atoms with E-state index in [0.29, 0.717) is 6.42 Å². The Morgan fingerprint density at radius 3 is 2.87 bits per heavy atom. The molecule has 1 rings (SSSR count). The first-order valence-corrected chi connectivity index (χ1v) is 5.17. The molecule has 0 aromatic heterocycles. The van der Waals surface area contributed by atoms with Gasteiger partial charge in [0.15, 0.2) is 0 Å². The molecule has 2 N–H and O–H groups in total. The number of carbonyl (C=O) groups is 1. The first-order valence-electron chi connectivity index (χ1n) is 5.17. The van der Waals surface area contributed by atoms with Crippen LogP contribution < -0.4 is 5.32 Å². The number of aliphatic carboxylic acids is 1. The minimum atomic E-state index is -0.815. The number of carboxylic acid groups (broad SMARTS) is 1. The van der Waals surface area contributed by atoms with E-state index in [-0.39, 0.29) is 18.6 Å². The molecule has 0 aromatic rings. The van der Waals surface area contributed by atoms with Gasteiger partial charge < -0.3 is 10.4 Å². The number of allylic oxidation sites excluding steroid dienone is 1. The summed E-state index contributed by atoms with van der Waals surface area (Å²) in [5.74, 6) is -0.815. The Morgan fingerprint density at radius 1 is 1.53 bits per heavy atom. The fourth-order valence-corrected chi connectivity index (χ4v) is 1.78. The molecule has 1 aliphatic rings. The third-order valence-electron chi connectivity index (χ3n) is 2.65. The standard InChI is InChI=1S/C11H18NO2.V/c1-12-10(11(13)14)8-9-6-4-2-3-5-7-9;/h6,10,12H,1-5,7-8H2,(H,13,14);/q-1;. The zero-order chi connectivity index (χ0) is 10.4. The molecular weight excluding hydrogens is 229 g/mol. The minimum Gasteiger partial charge on any atom is -0.480 e. The molecule has 85 valence electrons. The van der Waals surface area contributed by atoms with Crippen LogP contribution in [0.3, 0.4) is 0 Å². The van der Waals surface area contributed by atoms with Gasteiger partial charge in [0, 0.05) is 18.6 Å². The van der Waals surface area contributed by atoms with E-state index >= 15 is 0 Å². The molecule has 0 fully saturated rings. The van der Waals surface area contributed by atoms with Crippen molar-refractivity contribution in [3.05, 3.63) is 18.7 Å². The molecule has 0 bridgehead atoms. The van der Waals surface area contributed by atoms with Crippen molar-refractivity contribution in [3.63, 3.8) is 0 Å². The van der Waals surface area contributed by atoms with Gasteiger partial charge in [-0.3, -0.25) is 11.8 Å². The quantitative estimate of drug-likeness (QED) is 0.590. The summed E-state index contributed by atoms with van der Waals surface area (Å²) < 4.78 is 0. The Hall–Kier alpha value is -0.246. The van der Waals surface area contributed by atoms with Crippen molar-refractivity contribution >= 4 is 5.97 Å². The van der Waals surface area contributed by atoms with Crippen molar-refractivity contribution in [3.8, 4) is 0 Å². The van der Waals surface area contributed by atoms with Crippen molar-refractivity contribution in [1.29, 1.82) is 0 Å². The number of rotatable bonds is 4. The predicted octanol–water partition coefficient (Wildman–Crippen LogP) is 2.10. The average molecular weight is 247 g/mol. The molecule has 0 saturated carbocycles. The van der Waals surface area contributed by atoms with Gasteiger partial charge in [0.25, 0.3) is 0 Å². The van der Waals surface area contributed by atoms with Crippen molar-refractivity contribution < 1.29 is 28.5 Å². The fraction of sp³-hybridized carbons (Fsp3) is 0.636. The molecule has 1 radical (unpaired) electrons. The second-order valence-corrected chi connectivity index (χ2v) is 3.76. The Kier molecular flexibility index (Phi) is 7.84. The van der Waals surface area contributed by atoms with Gasteiger partial charge in [-0.2, -0.15) is 0 Å². The van der Waals surface area contributed by atoms with E-state index in [9.17, 15) is 4.79 Å². The van der Waals surface area contributed by atoms with E-state index in [0.717, 1.165) is 12.8 Å². The van der Waals surface area contributed by atoms with Crippen LogP contribution in [-0.4, -0.2) is 17.1 Å². The summed E-state index contributed by atoms with van der Waals surface area (Å²) in [5, 5.41) is 11.4. The van der Waals surface area contributed by atoms with Crippen LogP contribution in [0.15, 0.2) is 11.6 Å². The van der Waals surface area contributed by atoms with E-state index in [1.54, 1.807) is 0 Å². The maximum absolute atomic E-state index is 10.8. The van der Waals surface area contributed by atoms with E-state index in [1.807, 2.05) is 0 Å². The van der Waals surface area contributed by atoms with Crippen LogP contribution in [0.5, 0.6) is 0 Å². The molecule has 1 atom stereocenters. The van der Waals surface area contributed by atoms with Crippen LogP contribution in [0.25, 0.3) is 0 Å². The number of hydrogen-bond donors (Lipinski definition) is 2. The van der Waals surface area contributed by atoms with Crippen molar-refractivity contribution in [2.45, 2.75) is 44.6 Å². The first-order chi connectivity index (χ1) is 6.74. The zero-order valence-corrected chi connectivity index (χ0v) is 10.3. The normalized spacial score (nSPS) is 18.3. The van der Waals surface area contributed by atoms with Gasteiger partial charge in [-0.1, -0.05) is 18.1 Å². The van der Waals surface area contributed by atoms with Gasteiger partial charge in [0.1, 0.15) is 0 Å². The van der Waals surface area contributed by atoms with Gasteiger partial charge in [-0.05, 0) is 32.1 Å². The summed E-state index contributed by atoms with van der Waals surface area (Å²) >= 11 is 0. The van der Waals surface area contributed by atoms with Crippen LogP contribution in [-0.2, 0) is 23.4 Å². The number of carboxylic acids is 1. The smallest absolute Gasteiger partial charge is 0.318 e. The zero-order valence-electron chi connectivity index (χ0n) is 8.91. The average Bonchev–Trinajstić information content (AvgIpc) is 2.41. The summed E-state index contributed by atoms with van der Waals surface area (Å²) in [6, 6.07) is -0.528. The number of hydrogen-bond acceptors (Lipinski definition) is 2. The van der Waals surface area contributed by atoms with Crippen molar-refractivity contribution in [2.75, 3.05) is 0 Å². The topological polar surface area (TPSA) is 49.3 Å². The maximum Gasteiger partial charge on any atom is 0.318 e. The molecule has 1 unspecified atom stereocenters. The first kappa shape index (κ1) is 14.8. The van der Waals surface area contributed by atoms with Crippen molar-refractivity contribution in [1.82, 2.24) is 5.32 Å². The van der Waals surface area contributed by atoms with Gasteiger partial charge in [-0.15, -0.1) is 0 Å². The molecule has 4 heteroatoms. The van der Waals surface area contributed by atoms with Crippen LogP contribution in [0.1, 0.15) is 38.5 Å². The van der Waals surface area contributed by atoms with Crippen molar-refractivity contribution in [2.24, 2.45) is 0 Å². The molecule has 15 heavy (non-hydrogen) atoms. The summed E-state index contributed by atoms with van der Waals surface area (Å²) in [6.07, 6.45) is 8.62. The van der Waals surface area contributed by atoms with E-state index in [4.69, 9.17) is 5.11 Å². The number of nitrogens with one attached hydrogen (secondary N) is 1. The Balaban J connectivity index is 0.00000196. The van der Waals surface area contributed by atoms with Gasteiger partial charge >= 0.3 is 5.97 Å². The largest absolute Gasteiger partial charge is 0.480 e. The predicted molar refractivity (Wildman–Crippen MR) is 55.7 cm³/mol. The Bertz CT molecular complexity index is 229. The van der Waals surface area contributed by atoms with E-state index < -0.39 is 12.0 Å². The maximum atomic E-state index is 10.8. The van der Waals surface area contributed by atoms with Crippen LogP contribution >= 0.6 is 0 Å². The Morgan fingerprint density at radius 2 is 2.27 bits per heavy atom. The second-order valence-electron chi connectivity index (χ2n) is 3.76. The van der Waals surface area contributed by atoms with Gasteiger partial charge in [-0.25, -0.2) is 0 Å². The molecule has 0 heterocycles. The minimum absolute atomic E-state index is 0. The van der Waals surface area contributed by atoms with E-state index in [2.05, 4.69) is 18.4 Å². The summed E-state index contributed by atoms with van der Waals surface area (Å²) in [6.45, 7) is 0. The molecule has 0 aromatic carbocycles. The molecule has 0 amide bonds. The van der Waals surface area contributed by atoms with Crippen LogP contribution in [0, 0.1) is 7.05 Å². The summed E-state index contributed by atoms with van der Waals surface area (Å²) in [4.78, 5) is 10.8. The summed E-state index contributed by atoms with van der Waals surface area (Å²) in [7, 11) is 3.44. The SMILES string of the molecule is [CH2-]NC(CC1=CCCCCC1)C(=O)O.[V]. The third kappa shape index (κ3) is 5.40. The Labute approximate surface area is 103 Å². The molecule has 1 aliphatic carbocycles. The molecule has 0 spiro atoms.